The van der Waals surface area contributed by atoms with Crippen LogP contribution in [0.15, 0.2) is 41.3 Å². The van der Waals surface area contributed by atoms with Gasteiger partial charge in [-0.1, -0.05) is 30.3 Å². The van der Waals surface area contributed by atoms with Gasteiger partial charge >= 0.3 is 5.97 Å². The molecule has 21 heavy (non-hydrogen) atoms. The first-order valence-electron chi connectivity index (χ1n) is 6.19. The van der Waals surface area contributed by atoms with Gasteiger partial charge in [0.2, 0.25) is 0 Å². The van der Waals surface area contributed by atoms with Gasteiger partial charge in [0.15, 0.2) is 4.77 Å². The third-order valence-corrected chi connectivity index (χ3v) is 3.52. The lowest BCUT2D eigenvalue weighted by Crippen LogP contribution is -2.25. The van der Waals surface area contributed by atoms with Gasteiger partial charge in [-0.15, -0.1) is 0 Å². The van der Waals surface area contributed by atoms with Crippen LogP contribution in [0.5, 0.6) is 0 Å². The third-order valence-electron chi connectivity index (χ3n) is 3.19. The molecule has 7 heteroatoms. The molecule has 2 heterocycles. The molecule has 0 aliphatic rings. The molecule has 0 amide bonds. The number of aromatic nitrogens is 3. The molecule has 0 atom stereocenters. The zero-order valence-electron chi connectivity index (χ0n) is 10.8. The average molecular weight is 301 g/mol. The number of benzene rings is 1. The standard InChI is InChI=1S/C14H11N3O3S/c18-10(19)7-17-13(20)12-11(16-14(17)21)9(6-15-12)8-4-2-1-3-5-8/h1-6,15H,7H2,(H,16,21)(H,18,19). The Hall–Kier alpha value is -2.67. The molecule has 0 aliphatic heterocycles. The van der Waals surface area contributed by atoms with Crippen molar-refractivity contribution >= 4 is 29.2 Å². The molecular formula is C14H11N3O3S. The highest BCUT2D eigenvalue weighted by atomic mass is 32.1. The highest BCUT2D eigenvalue weighted by Gasteiger charge is 2.13. The Balaban J connectivity index is 2.28. The molecule has 1 aromatic carbocycles. The number of nitrogens with zero attached hydrogens (tertiary/aromatic N) is 1. The summed E-state index contributed by atoms with van der Waals surface area (Å²) in [5, 5.41) is 8.84. The number of hydrogen-bond acceptors (Lipinski definition) is 3. The first-order valence-corrected chi connectivity index (χ1v) is 6.60. The van der Waals surface area contributed by atoms with Crippen molar-refractivity contribution in [2.24, 2.45) is 0 Å². The Morgan fingerprint density at radius 3 is 2.62 bits per heavy atom. The summed E-state index contributed by atoms with van der Waals surface area (Å²) in [6.07, 6.45) is 1.71. The largest absolute Gasteiger partial charge is 0.480 e. The van der Waals surface area contributed by atoms with Gasteiger partial charge < -0.3 is 15.1 Å². The predicted octanol–water partition coefficient (Wildman–Crippen LogP) is 2.14. The maximum absolute atomic E-state index is 12.3. The molecule has 3 aromatic rings. The number of carboxylic acid groups (broad SMARTS) is 1. The van der Waals surface area contributed by atoms with Crippen LogP contribution in [0.25, 0.3) is 22.2 Å². The van der Waals surface area contributed by atoms with E-state index in [1.54, 1.807) is 6.20 Å². The van der Waals surface area contributed by atoms with E-state index in [0.717, 1.165) is 15.7 Å². The summed E-state index contributed by atoms with van der Waals surface area (Å²) in [7, 11) is 0. The highest BCUT2D eigenvalue weighted by molar-refractivity contribution is 7.71. The topological polar surface area (TPSA) is 90.9 Å². The first-order chi connectivity index (χ1) is 10.1. The number of H-pyrrole nitrogens is 2. The molecule has 3 rings (SSSR count). The van der Waals surface area contributed by atoms with E-state index in [2.05, 4.69) is 9.97 Å². The molecule has 0 radical (unpaired) electrons. The Labute approximate surface area is 123 Å². The van der Waals surface area contributed by atoms with E-state index in [0.29, 0.717) is 11.0 Å². The maximum Gasteiger partial charge on any atom is 0.323 e. The maximum atomic E-state index is 12.3. The van der Waals surface area contributed by atoms with Crippen molar-refractivity contribution in [1.29, 1.82) is 0 Å². The highest BCUT2D eigenvalue weighted by Crippen LogP contribution is 2.25. The number of fused-ring (bicyclic) bond motifs is 1. The normalized spacial score (nSPS) is 10.9. The second-order valence-electron chi connectivity index (χ2n) is 4.53. The zero-order chi connectivity index (χ0) is 15.0. The van der Waals surface area contributed by atoms with Crippen LogP contribution < -0.4 is 5.56 Å². The minimum atomic E-state index is -1.12. The Morgan fingerprint density at radius 1 is 1.24 bits per heavy atom. The lowest BCUT2D eigenvalue weighted by atomic mass is 10.1. The third kappa shape index (κ3) is 2.27. The summed E-state index contributed by atoms with van der Waals surface area (Å²) in [6.45, 7) is -0.468. The summed E-state index contributed by atoms with van der Waals surface area (Å²) in [5.41, 5.74) is 2.20. The molecule has 0 spiro atoms. The second-order valence-corrected chi connectivity index (χ2v) is 4.92. The van der Waals surface area contributed by atoms with Gasteiger partial charge in [0.05, 0.1) is 5.52 Å². The van der Waals surface area contributed by atoms with Gasteiger partial charge in [0.1, 0.15) is 12.1 Å². The number of rotatable bonds is 3. The van der Waals surface area contributed by atoms with Crippen LogP contribution in [0.2, 0.25) is 0 Å². The van der Waals surface area contributed by atoms with E-state index < -0.39 is 18.1 Å². The van der Waals surface area contributed by atoms with Crippen LogP contribution in [0, 0.1) is 4.77 Å². The summed E-state index contributed by atoms with van der Waals surface area (Å²) in [4.78, 5) is 28.9. The number of nitrogens with one attached hydrogen (secondary N) is 2. The van der Waals surface area contributed by atoms with Gasteiger partial charge in [-0.2, -0.15) is 0 Å². The van der Waals surface area contributed by atoms with Crippen molar-refractivity contribution in [2.75, 3.05) is 0 Å². The summed E-state index contributed by atoms with van der Waals surface area (Å²) in [6, 6.07) is 9.54. The van der Waals surface area contributed by atoms with Gasteiger partial charge in [0.25, 0.3) is 5.56 Å². The molecule has 0 saturated heterocycles. The molecule has 3 N–H and O–H groups in total. The summed E-state index contributed by atoms with van der Waals surface area (Å²) in [5.74, 6) is -1.12. The monoisotopic (exact) mass is 301 g/mol. The molecule has 6 nitrogen and oxygen atoms in total. The minimum absolute atomic E-state index is 0.0895. The van der Waals surface area contributed by atoms with Crippen molar-refractivity contribution in [2.45, 2.75) is 6.54 Å². The molecule has 0 aliphatic carbocycles. The van der Waals surface area contributed by atoms with Crippen molar-refractivity contribution in [1.82, 2.24) is 14.5 Å². The van der Waals surface area contributed by atoms with E-state index in [4.69, 9.17) is 17.3 Å². The fraction of sp³-hybridized carbons (Fsp3) is 0.0714. The Bertz CT molecular complexity index is 937. The van der Waals surface area contributed by atoms with Crippen LogP contribution in [0.4, 0.5) is 0 Å². The fourth-order valence-electron chi connectivity index (χ4n) is 2.25. The van der Waals surface area contributed by atoms with Gasteiger partial charge in [-0.05, 0) is 17.8 Å². The number of aliphatic carboxylic acids is 1. The number of aromatic amines is 2. The van der Waals surface area contributed by atoms with Crippen molar-refractivity contribution in [3.63, 3.8) is 0 Å². The van der Waals surface area contributed by atoms with E-state index in [1.807, 2.05) is 30.3 Å². The van der Waals surface area contributed by atoms with E-state index in [1.165, 1.54) is 0 Å². The molecule has 0 unspecified atom stereocenters. The first kappa shape index (κ1) is 13.3. The van der Waals surface area contributed by atoms with Crippen LogP contribution >= 0.6 is 12.2 Å². The van der Waals surface area contributed by atoms with Crippen LogP contribution in [-0.2, 0) is 11.3 Å². The average Bonchev–Trinajstić information content (AvgIpc) is 2.88. The lowest BCUT2D eigenvalue weighted by Gasteiger charge is -2.04. The van der Waals surface area contributed by atoms with Gasteiger partial charge in [-0.25, -0.2) is 0 Å². The Morgan fingerprint density at radius 2 is 1.95 bits per heavy atom. The van der Waals surface area contributed by atoms with E-state index in [-0.39, 0.29) is 4.77 Å². The molecule has 0 fully saturated rings. The number of carboxylic acids is 1. The quantitative estimate of drug-likeness (QED) is 0.646. The molecule has 106 valence electrons. The second kappa shape index (κ2) is 5.02. The molecule has 0 saturated carbocycles. The number of carbonyl (C=O) groups is 1. The van der Waals surface area contributed by atoms with Crippen molar-refractivity contribution in [3.05, 3.63) is 51.7 Å². The Kier molecular flexibility index (Phi) is 3.19. The summed E-state index contributed by atoms with van der Waals surface area (Å²) < 4.78 is 1.11. The van der Waals surface area contributed by atoms with Gasteiger partial charge in [-0.3, -0.25) is 14.2 Å². The molecule has 0 bridgehead atoms. The fourth-order valence-corrected chi connectivity index (χ4v) is 2.50. The SMILES string of the molecule is O=C(O)Cn1c(=S)[nH]c2c(-c3ccccc3)c[nH]c2c1=O. The van der Waals surface area contributed by atoms with Crippen LogP contribution in [0.1, 0.15) is 0 Å². The van der Waals surface area contributed by atoms with Crippen molar-refractivity contribution < 1.29 is 9.90 Å². The number of hydrogen-bond donors (Lipinski definition) is 3. The minimum Gasteiger partial charge on any atom is -0.480 e. The predicted molar refractivity (Wildman–Crippen MR) is 80.8 cm³/mol. The smallest absolute Gasteiger partial charge is 0.323 e. The van der Waals surface area contributed by atoms with E-state index in [9.17, 15) is 9.59 Å². The van der Waals surface area contributed by atoms with Crippen molar-refractivity contribution in [3.8, 4) is 11.1 Å². The summed E-state index contributed by atoms with van der Waals surface area (Å²) >= 11 is 5.09. The zero-order valence-corrected chi connectivity index (χ0v) is 11.6. The van der Waals surface area contributed by atoms with Crippen LogP contribution in [-0.4, -0.2) is 25.6 Å². The van der Waals surface area contributed by atoms with E-state index >= 15 is 0 Å². The molecule has 2 aromatic heterocycles. The lowest BCUT2D eigenvalue weighted by molar-refractivity contribution is -0.137. The van der Waals surface area contributed by atoms with Gasteiger partial charge in [0, 0.05) is 11.8 Å². The van der Waals surface area contributed by atoms with Crippen LogP contribution in [0.3, 0.4) is 0 Å². The molecular weight excluding hydrogens is 290 g/mol.